The first-order valence-electron chi connectivity index (χ1n) is 3.30. The topological polar surface area (TPSA) is 32.3 Å². The molecule has 0 radical (unpaired) electrons. The van der Waals surface area contributed by atoms with E-state index in [0.29, 0.717) is 0 Å². The van der Waals surface area contributed by atoms with E-state index in [2.05, 4.69) is 26.1 Å². The van der Waals surface area contributed by atoms with E-state index in [9.17, 15) is 0 Å². The second kappa shape index (κ2) is 3.18. The van der Waals surface area contributed by atoms with Crippen molar-refractivity contribution in [1.29, 1.82) is 0 Å². The van der Waals surface area contributed by atoms with E-state index < -0.39 is 0 Å². The molecule has 0 aromatic carbocycles. The van der Waals surface area contributed by atoms with Gasteiger partial charge < -0.3 is 10.4 Å². The monoisotopic (exact) mass is 133 g/mol. The molecule has 0 spiro atoms. The highest BCUT2D eigenvalue weighted by Gasteiger charge is 2.21. The van der Waals surface area contributed by atoms with Crippen LogP contribution in [-0.4, -0.2) is 24.8 Å². The fourth-order valence-corrected chi connectivity index (χ4v) is 0.798. The molecule has 58 valence electrons. The molecule has 0 unspecified atom stereocenters. The molecule has 0 heterocycles. The Morgan fingerprint density at radius 3 is 2.00 bits per heavy atom. The molecule has 0 fully saturated rings. The highest BCUT2D eigenvalue weighted by atomic mass is 16.3. The maximum absolute atomic E-state index is 8.80. The van der Waals surface area contributed by atoms with Crippen LogP contribution in [0.1, 0.15) is 22.2 Å². The summed E-state index contributed by atoms with van der Waals surface area (Å²) in [6, 6.07) is 0.206. The minimum absolute atomic E-state index is 0. The lowest BCUT2D eigenvalue weighted by atomic mass is 9.87. The Labute approximate surface area is 58.8 Å². The third-order valence-electron chi connectivity index (χ3n) is 1.58. The van der Waals surface area contributed by atoms with Crippen LogP contribution in [-0.2, 0) is 0 Å². The minimum Gasteiger partial charge on any atom is -0.395 e. The van der Waals surface area contributed by atoms with Gasteiger partial charge >= 0.3 is 0 Å². The predicted molar refractivity (Wildman–Crippen MR) is 41.5 cm³/mol. The molecule has 0 bridgehead atoms. The maximum Gasteiger partial charge on any atom is 0.0589 e. The summed E-state index contributed by atoms with van der Waals surface area (Å²) in [6.07, 6.45) is 0. The van der Waals surface area contributed by atoms with Gasteiger partial charge in [-0.1, -0.05) is 20.8 Å². The van der Waals surface area contributed by atoms with Crippen molar-refractivity contribution in [2.24, 2.45) is 5.41 Å². The zero-order chi connectivity index (χ0) is 7.49. The zero-order valence-electron chi connectivity index (χ0n) is 6.73. The highest BCUT2D eigenvalue weighted by Crippen LogP contribution is 2.17. The molecule has 0 aromatic heterocycles. The Morgan fingerprint density at radius 2 is 2.00 bits per heavy atom. The average molecular weight is 133 g/mol. The molecule has 0 rings (SSSR count). The van der Waals surface area contributed by atoms with Crippen LogP contribution in [0.25, 0.3) is 0 Å². The van der Waals surface area contributed by atoms with E-state index in [1.807, 2.05) is 7.05 Å². The average Bonchev–Trinajstić information content (AvgIpc) is 1.65. The Bertz CT molecular complexity index is 76.2. The van der Waals surface area contributed by atoms with Gasteiger partial charge in [-0.2, -0.15) is 0 Å². The summed E-state index contributed by atoms with van der Waals surface area (Å²) < 4.78 is 0. The van der Waals surface area contributed by atoms with Crippen LogP contribution in [0.5, 0.6) is 0 Å². The summed E-state index contributed by atoms with van der Waals surface area (Å²) in [6.45, 7) is 6.51. The Morgan fingerprint density at radius 1 is 1.56 bits per heavy atom. The van der Waals surface area contributed by atoms with Crippen LogP contribution in [0.4, 0.5) is 0 Å². The highest BCUT2D eigenvalue weighted by molar-refractivity contribution is 4.77. The molecule has 2 nitrogen and oxygen atoms in total. The number of hydrogen-bond donors (Lipinski definition) is 2. The smallest absolute Gasteiger partial charge is 0.0589 e. The summed E-state index contributed by atoms with van der Waals surface area (Å²) in [5, 5.41) is 11.8. The van der Waals surface area contributed by atoms with Crippen molar-refractivity contribution in [3.05, 3.63) is 0 Å². The van der Waals surface area contributed by atoms with Gasteiger partial charge in [0.25, 0.3) is 0 Å². The number of aliphatic hydroxyl groups is 1. The number of nitrogens with one attached hydrogen (secondary N) is 1. The van der Waals surface area contributed by atoms with Crippen molar-refractivity contribution in [1.82, 2.24) is 5.32 Å². The molecular formula is C7H19NO. The first kappa shape index (κ1) is 8.92. The van der Waals surface area contributed by atoms with E-state index in [4.69, 9.17) is 5.11 Å². The summed E-state index contributed by atoms with van der Waals surface area (Å²) in [5.41, 5.74) is 0.156. The number of likely N-dealkylation sites (N-methyl/N-ethyl adjacent to an activating group) is 1. The summed E-state index contributed by atoms with van der Waals surface area (Å²) in [5.74, 6) is 0. The SMILES string of the molecule is CN[C@H](CO)C(C)(C)C.[HH]. The number of aliphatic hydroxyl groups excluding tert-OH is 1. The van der Waals surface area contributed by atoms with Gasteiger partial charge in [0.15, 0.2) is 0 Å². The van der Waals surface area contributed by atoms with Gasteiger partial charge in [-0.3, -0.25) is 0 Å². The van der Waals surface area contributed by atoms with E-state index in [0.717, 1.165) is 0 Å². The first-order valence-corrected chi connectivity index (χ1v) is 3.30. The molecule has 9 heavy (non-hydrogen) atoms. The third kappa shape index (κ3) is 2.82. The van der Waals surface area contributed by atoms with Crippen molar-refractivity contribution < 1.29 is 6.53 Å². The lowest BCUT2D eigenvalue weighted by Crippen LogP contribution is -2.40. The molecule has 0 aliphatic carbocycles. The molecule has 2 heteroatoms. The second-order valence-electron chi connectivity index (χ2n) is 3.39. The lowest BCUT2D eigenvalue weighted by molar-refractivity contribution is 0.166. The molecule has 2 N–H and O–H groups in total. The van der Waals surface area contributed by atoms with Crippen molar-refractivity contribution >= 4 is 0 Å². The molecule has 1 atom stereocenters. The van der Waals surface area contributed by atoms with Crippen molar-refractivity contribution in [2.75, 3.05) is 13.7 Å². The molecule has 0 saturated carbocycles. The molecule has 0 aromatic rings. The van der Waals surface area contributed by atoms with Gasteiger partial charge in [0.2, 0.25) is 0 Å². The van der Waals surface area contributed by atoms with Crippen LogP contribution in [0.15, 0.2) is 0 Å². The Kier molecular flexibility index (Phi) is 3.15. The largest absolute Gasteiger partial charge is 0.395 e. The lowest BCUT2D eigenvalue weighted by Gasteiger charge is -2.28. The first-order chi connectivity index (χ1) is 4.02. The summed E-state index contributed by atoms with van der Waals surface area (Å²) in [4.78, 5) is 0. The van der Waals surface area contributed by atoms with Crippen LogP contribution in [0, 0.1) is 5.41 Å². The van der Waals surface area contributed by atoms with Crippen LogP contribution >= 0.6 is 0 Å². The standard InChI is InChI=1S/C7H17NO.H2/c1-7(2,3)6(5-9)8-4;/h6,8-9H,5H2,1-4H3;1H/t6-;/m1./s1. The van der Waals surface area contributed by atoms with E-state index in [-0.39, 0.29) is 19.5 Å². The quantitative estimate of drug-likeness (QED) is 0.585. The molecular weight excluding hydrogens is 114 g/mol. The molecule has 0 saturated heterocycles. The van der Waals surface area contributed by atoms with Gasteiger partial charge in [0.05, 0.1) is 6.61 Å². The van der Waals surface area contributed by atoms with E-state index in [1.54, 1.807) is 0 Å². The van der Waals surface area contributed by atoms with Gasteiger partial charge in [-0.15, -0.1) is 0 Å². The van der Waals surface area contributed by atoms with Crippen LogP contribution < -0.4 is 5.32 Å². The summed E-state index contributed by atoms with van der Waals surface area (Å²) >= 11 is 0. The van der Waals surface area contributed by atoms with Gasteiger partial charge in [0.1, 0.15) is 0 Å². The number of rotatable bonds is 2. The number of hydrogen-bond acceptors (Lipinski definition) is 2. The van der Waals surface area contributed by atoms with E-state index in [1.165, 1.54) is 0 Å². The van der Waals surface area contributed by atoms with E-state index >= 15 is 0 Å². The van der Waals surface area contributed by atoms with Crippen molar-refractivity contribution in [2.45, 2.75) is 26.8 Å². The Hall–Kier alpha value is -0.0800. The fraction of sp³-hybridized carbons (Fsp3) is 1.00. The fourth-order valence-electron chi connectivity index (χ4n) is 0.798. The van der Waals surface area contributed by atoms with Crippen LogP contribution in [0.2, 0.25) is 0 Å². The van der Waals surface area contributed by atoms with Gasteiger partial charge in [-0.05, 0) is 12.5 Å². The summed E-state index contributed by atoms with van der Waals surface area (Å²) in [7, 11) is 1.87. The normalized spacial score (nSPS) is 15.7. The second-order valence-corrected chi connectivity index (χ2v) is 3.39. The minimum atomic E-state index is 0. The zero-order valence-corrected chi connectivity index (χ0v) is 6.73. The Balaban J connectivity index is 0. The maximum atomic E-state index is 8.80. The van der Waals surface area contributed by atoms with Crippen molar-refractivity contribution in [3.8, 4) is 0 Å². The molecule has 0 aliphatic heterocycles. The van der Waals surface area contributed by atoms with Crippen LogP contribution in [0.3, 0.4) is 0 Å². The van der Waals surface area contributed by atoms with Gasteiger partial charge in [-0.25, -0.2) is 0 Å². The third-order valence-corrected chi connectivity index (χ3v) is 1.58. The van der Waals surface area contributed by atoms with Crippen molar-refractivity contribution in [3.63, 3.8) is 0 Å². The van der Waals surface area contributed by atoms with Gasteiger partial charge in [0, 0.05) is 7.47 Å². The molecule has 0 aliphatic rings. The molecule has 0 amide bonds. The predicted octanol–water partition coefficient (Wildman–Crippen LogP) is 0.859.